The normalized spacial score (nSPS) is 12.8. The molecule has 168 valence electrons. The number of carbonyl (C=O) groups excluding carboxylic acids is 1. The van der Waals surface area contributed by atoms with E-state index in [0.717, 1.165) is 11.3 Å². The molecule has 0 saturated carbocycles. The van der Waals surface area contributed by atoms with Gasteiger partial charge in [0.2, 0.25) is 0 Å². The monoisotopic (exact) mass is 480 g/mol. The van der Waals surface area contributed by atoms with Crippen molar-refractivity contribution in [2.45, 2.75) is 18.6 Å². The van der Waals surface area contributed by atoms with Gasteiger partial charge in [-0.1, -0.05) is 17.8 Å². The predicted octanol–water partition coefficient (Wildman–Crippen LogP) is 4.96. The van der Waals surface area contributed by atoms with Crippen LogP contribution in [0.25, 0.3) is 21.5 Å². The molecule has 1 aliphatic rings. The van der Waals surface area contributed by atoms with E-state index in [-0.39, 0.29) is 23.6 Å². The van der Waals surface area contributed by atoms with Crippen molar-refractivity contribution in [3.8, 4) is 22.8 Å². The minimum absolute atomic E-state index is 0.0885. The summed E-state index contributed by atoms with van der Waals surface area (Å²) in [6, 6.07) is 8.88. The molecule has 0 saturated heterocycles. The first-order valence-electron chi connectivity index (χ1n) is 10.3. The summed E-state index contributed by atoms with van der Waals surface area (Å²) in [6.45, 7) is 6.87. The third-order valence-corrected chi connectivity index (χ3v) is 7.02. The average Bonchev–Trinajstić information content (AvgIpc) is 3.45. The highest BCUT2D eigenvalue weighted by atomic mass is 32.2. The van der Waals surface area contributed by atoms with Crippen LogP contribution in [-0.4, -0.2) is 34.3 Å². The van der Waals surface area contributed by atoms with Gasteiger partial charge in [0.25, 0.3) is 5.56 Å². The minimum Gasteiger partial charge on any atom is -0.486 e. The maximum atomic E-state index is 13.4. The zero-order valence-electron chi connectivity index (χ0n) is 17.8. The van der Waals surface area contributed by atoms with Gasteiger partial charge in [-0.2, -0.15) is 0 Å². The molecule has 9 heteroatoms. The summed E-state index contributed by atoms with van der Waals surface area (Å²) in [4.78, 5) is 31.5. The van der Waals surface area contributed by atoms with Gasteiger partial charge in [-0.25, -0.2) is 4.98 Å². The fraction of sp³-hybridized carbons (Fsp3) is 0.208. The number of allylic oxidation sites excluding steroid dienone is 1. The molecule has 0 fully saturated rings. The predicted molar refractivity (Wildman–Crippen MR) is 129 cm³/mol. The number of thioether (sulfide) groups is 1. The largest absolute Gasteiger partial charge is 0.486 e. The standard InChI is InChI=1S/C24H20N2O5S2/c1-3-8-26-23(28)21-16(18-6-4-14(2)31-18)12-32-22(21)25-24(26)33-13-17(27)15-5-7-19-20(11-15)30-10-9-29-19/h3-7,11-12H,1,8-10,13H2,2H3. The maximum absolute atomic E-state index is 13.4. The molecule has 0 spiro atoms. The molecule has 0 radical (unpaired) electrons. The Labute approximate surface area is 197 Å². The van der Waals surface area contributed by atoms with Crippen molar-refractivity contribution in [2.24, 2.45) is 0 Å². The summed E-state index contributed by atoms with van der Waals surface area (Å²) >= 11 is 2.61. The number of fused-ring (bicyclic) bond motifs is 2. The first-order chi connectivity index (χ1) is 16.0. The molecule has 33 heavy (non-hydrogen) atoms. The number of hydrogen-bond donors (Lipinski definition) is 0. The van der Waals surface area contributed by atoms with Crippen molar-refractivity contribution in [2.75, 3.05) is 19.0 Å². The molecule has 0 amide bonds. The average molecular weight is 481 g/mol. The van der Waals surface area contributed by atoms with Gasteiger partial charge in [0.15, 0.2) is 22.4 Å². The molecule has 4 heterocycles. The van der Waals surface area contributed by atoms with Gasteiger partial charge in [-0.15, -0.1) is 17.9 Å². The van der Waals surface area contributed by atoms with Crippen molar-refractivity contribution < 1.29 is 18.7 Å². The zero-order chi connectivity index (χ0) is 22.9. The number of thiophene rings is 1. The second-order valence-corrected chi connectivity index (χ2v) is 9.21. The number of hydrogen-bond acceptors (Lipinski definition) is 8. The van der Waals surface area contributed by atoms with Gasteiger partial charge in [-0.3, -0.25) is 14.2 Å². The first-order valence-corrected chi connectivity index (χ1v) is 12.2. The van der Waals surface area contributed by atoms with E-state index in [9.17, 15) is 9.59 Å². The number of nitrogens with zero attached hydrogens (tertiary/aromatic N) is 2. The van der Waals surface area contributed by atoms with Gasteiger partial charge in [0.1, 0.15) is 29.6 Å². The molecule has 1 aromatic carbocycles. The van der Waals surface area contributed by atoms with Crippen LogP contribution in [0.3, 0.4) is 0 Å². The highest BCUT2D eigenvalue weighted by Gasteiger charge is 2.20. The van der Waals surface area contributed by atoms with E-state index >= 15 is 0 Å². The molecule has 0 unspecified atom stereocenters. The van der Waals surface area contributed by atoms with Gasteiger partial charge in [0, 0.05) is 23.1 Å². The minimum atomic E-state index is -0.181. The number of aromatic nitrogens is 2. The molecule has 0 atom stereocenters. The van der Waals surface area contributed by atoms with Crippen LogP contribution in [0.2, 0.25) is 0 Å². The van der Waals surface area contributed by atoms with Crippen molar-refractivity contribution in [1.29, 1.82) is 0 Å². The Balaban J connectivity index is 1.45. The number of aryl methyl sites for hydroxylation is 1. The number of Topliss-reactive ketones (excluding diaryl/α,β-unsaturated/α-hetero) is 1. The molecular weight excluding hydrogens is 460 g/mol. The zero-order valence-corrected chi connectivity index (χ0v) is 19.5. The number of benzene rings is 1. The van der Waals surface area contributed by atoms with Crippen LogP contribution in [0.15, 0.2) is 62.7 Å². The lowest BCUT2D eigenvalue weighted by Crippen LogP contribution is -2.23. The fourth-order valence-corrected chi connectivity index (χ4v) is 5.47. The van der Waals surface area contributed by atoms with Crippen molar-refractivity contribution >= 4 is 39.1 Å². The highest BCUT2D eigenvalue weighted by molar-refractivity contribution is 7.99. The maximum Gasteiger partial charge on any atom is 0.263 e. The van der Waals surface area contributed by atoms with Crippen LogP contribution in [0.4, 0.5) is 0 Å². The molecule has 5 rings (SSSR count). The van der Waals surface area contributed by atoms with E-state index in [0.29, 0.717) is 51.4 Å². The van der Waals surface area contributed by atoms with E-state index in [1.54, 1.807) is 28.8 Å². The van der Waals surface area contributed by atoms with Crippen LogP contribution in [0.1, 0.15) is 16.1 Å². The summed E-state index contributed by atoms with van der Waals surface area (Å²) in [5.74, 6) is 2.65. The summed E-state index contributed by atoms with van der Waals surface area (Å²) < 4.78 is 18.4. The second-order valence-electron chi connectivity index (χ2n) is 7.41. The summed E-state index contributed by atoms with van der Waals surface area (Å²) in [7, 11) is 0. The lowest BCUT2D eigenvalue weighted by Gasteiger charge is -2.18. The quantitative estimate of drug-likeness (QED) is 0.160. The molecule has 7 nitrogen and oxygen atoms in total. The highest BCUT2D eigenvalue weighted by Crippen LogP contribution is 2.34. The van der Waals surface area contributed by atoms with E-state index in [4.69, 9.17) is 18.9 Å². The van der Waals surface area contributed by atoms with Gasteiger partial charge in [0.05, 0.1) is 11.1 Å². The smallest absolute Gasteiger partial charge is 0.263 e. The van der Waals surface area contributed by atoms with E-state index in [1.807, 2.05) is 24.4 Å². The lowest BCUT2D eigenvalue weighted by molar-refractivity contribution is 0.102. The Kier molecular flexibility index (Phi) is 5.82. The summed E-state index contributed by atoms with van der Waals surface area (Å²) in [6.07, 6.45) is 1.64. The molecule has 0 N–H and O–H groups in total. The van der Waals surface area contributed by atoms with Crippen LogP contribution in [-0.2, 0) is 6.54 Å². The Morgan fingerprint density at radius 2 is 2.06 bits per heavy atom. The number of carbonyl (C=O) groups is 1. The molecule has 4 aromatic rings. The van der Waals surface area contributed by atoms with E-state index in [2.05, 4.69) is 6.58 Å². The second kappa shape index (κ2) is 8.92. The van der Waals surface area contributed by atoms with Gasteiger partial charge >= 0.3 is 0 Å². The van der Waals surface area contributed by atoms with Crippen LogP contribution >= 0.6 is 23.1 Å². The topological polar surface area (TPSA) is 83.6 Å². The van der Waals surface area contributed by atoms with Crippen molar-refractivity contribution in [1.82, 2.24) is 9.55 Å². The molecule has 0 bridgehead atoms. The van der Waals surface area contributed by atoms with Crippen LogP contribution in [0, 0.1) is 6.92 Å². The Hall–Kier alpha value is -3.30. The Bertz CT molecular complexity index is 1430. The molecular formula is C24H20N2O5S2. The molecule has 3 aromatic heterocycles. The molecule has 0 aliphatic carbocycles. The van der Waals surface area contributed by atoms with Crippen molar-refractivity contribution in [3.05, 3.63) is 70.0 Å². The first kappa shape index (κ1) is 21.5. The third-order valence-electron chi connectivity index (χ3n) is 5.17. The third kappa shape index (κ3) is 4.09. The van der Waals surface area contributed by atoms with Gasteiger partial charge < -0.3 is 13.9 Å². The summed E-state index contributed by atoms with van der Waals surface area (Å²) in [5.41, 5.74) is 1.07. The SMILES string of the molecule is C=CCn1c(SCC(=O)c2ccc3c(c2)OCCO3)nc2scc(-c3ccc(C)o3)c2c1=O. The number of ether oxygens (including phenoxy) is 2. The van der Waals surface area contributed by atoms with Gasteiger partial charge in [-0.05, 0) is 37.3 Å². The lowest BCUT2D eigenvalue weighted by atomic mass is 10.1. The number of furan rings is 1. The number of ketones is 1. The van der Waals surface area contributed by atoms with E-state index < -0.39 is 0 Å². The van der Waals surface area contributed by atoms with Crippen LogP contribution in [0.5, 0.6) is 11.5 Å². The Morgan fingerprint density at radius 3 is 2.82 bits per heavy atom. The summed E-state index contributed by atoms with van der Waals surface area (Å²) in [5, 5.41) is 2.87. The van der Waals surface area contributed by atoms with Crippen molar-refractivity contribution in [3.63, 3.8) is 0 Å². The number of rotatable bonds is 7. The fourth-order valence-electron chi connectivity index (χ4n) is 3.60. The van der Waals surface area contributed by atoms with E-state index in [1.165, 1.54) is 23.1 Å². The Morgan fingerprint density at radius 1 is 1.24 bits per heavy atom. The molecule has 1 aliphatic heterocycles. The van der Waals surface area contributed by atoms with Crippen LogP contribution < -0.4 is 15.0 Å².